The molecule has 0 radical (unpaired) electrons. The van der Waals surface area contributed by atoms with Crippen LogP contribution in [0.15, 0.2) is 144 Å². The van der Waals surface area contributed by atoms with Gasteiger partial charge >= 0.3 is 0 Å². The van der Waals surface area contributed by atoms with Crippen LogP contribution in [0.25, 0.3) is 60.7 Å². The number of para-hydroxylation sites is 2. The maximum absolute atomic E-state index is 8.22. The standard InChI is InChI=1S/C43H27N4O2.Pt/c1-45-27-46(40-22-29(18-21-38(40)45)28-10-3-2-4-11-28)30-12-9-13-31(23-30)48-32-19-20-34-33-14-5-7-16-37(33)47(39(34)24-32)43-25-42-36(26-44-43)35-15-6-8-17-41(35)49-42;/h2-22,25-27H,1H3;/q-3;/i1D3;. The van der Waals surface area contributed by atoms with Crippen molar-refractivity contribution in [2.75, 3.05) is 16.8 Å². The fraction of sp³-hybridized carbons (Fsp3) is 0.0233. The number of ether oxygens (including phenoxy) is 1. The van der Waals surface area contributed by atoms with Crippen molar-refractivity contribution in [3.8, 4) is 28.4 Å². The zero-order valence-electron chi connectivity index (χ0n) is 29.3. The van der Waals surface area contributed by atoms with Gasteiger partial charge in [-0.1, -0.05) is 78.3 Å². The summed E-state index contributed by atoms with van der Waals surface area (Å²) >= 11 is 0. The Bertz CT molecular complexity index is 2830. The fourth-order valence-corrected chi connectivity index (χ4v) is 6.82. The summed E-state index contributed by atoms with van der Waals surface area (Å²) in [5.74, 6) is 1.66. The van der Waals surface area contributed by atoms with Crippen LogP contribution in [0, 0.1) is 18.8 Å². The minimum Gasteiger partial charge on any atom is -0.509 e. The zero-order chi connectivity index (χ0) is 35.0. The summed E-state index contributed by atoms with van der Waals surface area (Å²) in [7, 11) is 0. The van der Waals surface area contributed by atoms with Crippen LogP contribution in [0.3, 0.4) is 0 Å². The van der Waals surface area contributed by atoms with E-state index in [2.05, 4.69) is 28.8 Å². The topological polar surface area (TPSA) is 46.7 Å². The number of aromatic nitrogens is 2. The second kappa shape index (κ2) is 11.9. The second-order valence-electron chi connectivity index (χ2n) is 12.0. The maximum atomic E-state index is 8.22. The first-order valence-electron chi connectivity index (χ1n) is 17.5. The Kier molecular flexibility index (Phi) is 6.45. The molecule has 1 aliphatic heterocycles. The summed E-state index contributed by atoms with van der Waals surface area (Å²) in [6.45, 7) is -0.775. The minimum absolute atomic E-state index is 0. The molecular formula is C43H27N4O2Pt-3. The van der Waals surface area contributed by atoms with E-state index < -0.39 is 6.98 Å². The SMILES string of the molecule is [2H]C([2H])([2H])N1[CH-]N(c2[c-]c(Oc3[c-]c4c(cc3)c3ccccc3n4-c3cc4oc5ccccc5c4cn3)ccc2)c2cc(-c3ccccc3)ccc21.[Pt]. The predicted molar refractivity (Wildman–Crippen MR) is 197 cm³/mol. The van der Waals surface area contributed by atoms with Crippen LogP contribution < -0.4 is 14.5 Å². The molecule has 0 aliphatic carbocycles. The van der Waals surface area contributed by atoms with Crippen LogP contribution >= 0.6 is 0 Å². The minimum atomic E-state index is -2.38. The number of anilines is 3. The van der Waals surface area contributed by atoms with Gasteiger partial charge in [-0.05, 0) is 47.8 Å². The van der Waals surface area contributed by atoms with Gasteiger partial charge in [-0.3, -0.25) is 0 Å². The number of pyridine rings is 1. The van der Waals surface area contributed by atoms with Crippen molar-refractivity contribution in [3.63, 3.8) is 0 Å². The summed E-state index contributed by atoms with van der Waals surface area (Å²) in [6.07, 6.45) is 1.86. The molecule has 9 aromatic rings. The van der Waals surface area contributed by atoms with Gasteiger partial charge in [0, 0.05) is 76.6 Å². The van der Waals surface area contributed by atoms with E-state index in [1.54, 1.807) is 6.67 Å². The van der Waals surface area contributed by atoms with Crippen LogP contribution in [0.5, 0.6) is 11.5 Å². The fourth-order valence-electron chi connectivity index (χ4n) is 6.82. The number of hydrogen-bond acceptors (Lipinski definition) is 5. The Morgan fingerprint density at radius 3 is 2.40 bits per heavy atom. The van der Waals surface area contributed by atoms with Crippen molar-refractivity contribution in [2.24, 2.45) is 0 Å². The largest absolute Gasteiger partial charge is 0.509 e. The summed E-state index contributed by atoms with van der Waals surface area (Å²) in [5.41, 5.74) is 7.33. The van der Waals surface area contributed by atoms with Gasteiger partial charge in [-0.15, -0.1) is 41.4 Å². The molecule has 0 amide bonds. The van der Waals surface area contributed by atoms with Gasteiger partial charge in [0.2, 0.25) is 0 Å². The first kappa shape index (κ1) is 27.0. The number of benzene rings is 6. The first-order chi connectivity index (χ1) is 25.4. The molecule has 3 aromatic heterocycles. The summed E-state index contributed by atoms with van der Waals surface area (Å²) in [5, 5.41) is 4.06. The van der Waals surface area contributed by atoms with Crippen molar-refractivity contribution < 1.29 is 34.3 Å². The Hall–Kier alpha value is -5.84. The van der Waals surface area contributed by atoms with E-state index in [1.165, 1.54) is 4.90 Å². The number of fused-ring (bicyclic) bond motifs is 7. The number of furan rings is 1. The van der Waals surface area contributed by atoms with Crippen LogP contribution in [0.4, 0.5) is 17.1 Å². The van der Waals surface area contributed by atoms with Gasteiger partial charge in [0.25, 0.3) is 0 Å². The molecule has 0 fully saturated rings. The zero-order valence-corrected chi connectivity index (χ0v) is 28.6. The quantitative estimate of drug-likeness (QED) is 0.162. The predicted octanol–water partition coefficient (Wildman–Crippen LogP) is 10.8. The number of hydrogen-bond donors (Lipinski definition) is 0. The number of rotatable bonds is 5. The van der Waals surface area contributed by atoms with Gasteiger partial charge in [-0.25, -0.2) is 4.98 Å². The van der Waals surface area contributed by atoms with E-state index in [1.807, 2.05) is 132 Å². The van der Waals surface area contributed by atoms with E-state index in [4.69, 9.17) is 18.3 Å². The van der Waals surface area contributed by atoms with E-state index in [0.29, 0.717) is 28.7 Å². The molecule has 0 bridgehead atoms. The van der Waals surface area contributed by atoms with Gasteiger partial charge in [0.1, 0.15) is 17.0 Å². The van der Waals surface area contributed by atoms with Gasteiger partial charge in [-0.2, -0.15) is 18.8 Å². The molecule has 6 nitrogen and oxygen atoms in total. The molecule has 244 valence electrons. The Labute approximate surface area is 307 Å². The van der Waals surface area contributed by atoms with Crippen molar-refractivity contribution >= 4 is 60.8 Å². The molecular weight excluding hydrogens is 800 g/mol. The molecule has 1 aliphatic rings. The molecule has 10 rings (SSSR count). The van der Waals surface area contributed by atoms with Gasteiger partial charge < -0.3 is 23.5 Å². The smallest absolute Gasteiger partial charge is 0.140 e. The van der Waals surface area contributed by atoms with E-state index in [0.717, 1.165) is 60.6 Å². The summed E-state index contributed by atoms with van der Waals surface area (Å²) in [4.78, 5) is 8.05. The molecule has 0 spiro atoms. The van der Waals surface area contributed by atoms with Crippen LogP contribution in [0.1, 0.15) is 4.11 Å². The Morgan fingerprint density at radius 2 is 1.50 bits per heavy atom. The summed E-state index contributed by atoms with van der Waals surface area (Å²) < 4.78 is 39.4. The molecule has 0 atom stereocenters. The third kappa shape index (κ3) is 4.87. The van der Waals surface area contributed by atoms with E-state index in [-0.39, 0.29) is 21.1 Å². The summed E-state index contributed by atoms with van der Waals surface area (Å²) in [6, 6.07) is 50.3. The van der Waals surface area contributed by atoms with Gasteiger partial charge in [0.05, 0.1) is 0 Å². The van der Waals surface area contributed by atoms with Crippen molar-refractivity contribution in [3.05, 3.63) is 158 Å². The average Bonchev–Trinajstić information content (AvgIpc) is 3.84. The van der Waals surface area contributed by atoms with Gasteiger partial charge in [0.15, 0.2) is 0 Å². The normalized spacial score (nSPS) is 13.7. The third-order valence-corrected chi connectivity index (χ3v) is 9.10. The molecule has 0 unspecified atom stereocenters. The van der Waals surface area contributed by atoms with Crippen molar-refractivity contribution in [1.82, 2.24) is 9.55 Å². The van der Waals surface area contributed by atoms with E-state index >= 15 is 0 Å². The molecule has 6 aromatic carbocycles. The van der Waals surface area contributed by atoms with Crippen molar-refractivity contribution in [1.29, 1.82) is 0 Å². The Balaban J connectivity index is 0.00000372. The molecule has 4 heterocycles. The third-order valence-electron chi connectivity index (χ3n) is 9.10. The molecule has 7 heteroatoms. The molecule has 50 heavy (non-hydrogen) atoms. The van der Waals surface area contributed by atoms with E-state index in [9.17, 15) is 0 Å². The van der Waals surface area contributed by atoms with Crippen molar-refractivity contribution in [2.45, 2.75) is 0 Å². The monoisotopic (exact) mass is 829 g/mol. The number of nitrogens with zero attached hydrogens (tertiary/aromatic N) is 4. The molecule has 0 saturated carbocycles. The molecule has 0 N–H and O–H groups in total. The van der Waals surface area contributed by atoms with Crippen LogP contribution in [-0.2, 0) is 21.1 Å². The molecule has 0 saturated heterocycles. The second-order valence-corrected chi connectivity index (χ2v) is 12.0. The van der Waals surface area contributed by atoms with Crippen LogP contribution in [-0.4, -0.2) is 16.5 Å². The Morgan fingerprint density at radius 1 is 0.680 bits per heavy atom. The first-order valence-corrected chi connectivity index (χ1v) is 16.0. The van der Waals surface area contributed by atoms with Crippen LogP contribution in [0.2, 0.25) is 0 Å². The average molecular weight is 830 g/mol. The maximum Gasteiger partial charge on any atom is 0.140 e.